The fourth-order valence-electron chi connectivity index (χ4n) is 3.33. The Labute approximate surface area is 155 Å². The zero-order valence-electron chi connectivity index (χ0n) is 14.9. The number of rotatable bonds is 4. The maximum absolute atomic E-state index is 4.11. The van der Waals surface area contributed by atoms with Crippen LogP contribution in [0, 0.1) is 6.92 Å². The van der Waals surface area contributed by atoms with Crippen LogP contribution in [0.3, 0.4) is 0 Å². The summed E-state index contributed by atoms with van der Waals surface area (Å²) in [6, 6.07) is 30.4. The van der Waals surface area contributed by atoms with Gasteiger partial charge in [-0.05, 0) is 58.9 Å². The number of pyridine rings is 1. The van der Waals surface area contributed by atoms with E-state index in [2.05, 4.69) is 96.8 Å². The molecule has 0 aliphatic rings. The molecule has 1 heterocycles. The Morgan fingerprint density at radius 1 is 0.577 bits per heavy atom. The standard InChI is InChI=1S/C25H21N/c1-19-5-2-8-23(15-19)25-10-4-7-21(18-25)16-20-6-3-9-24(17-20)22-11-13-26-14-12-22/h2-15,17-18H,16H2,1H3. The highest BCUT2D eigenvalue weighted by molar-refractivity contribution is 5.66. The highest BCUT2D eigenvalue weighted by atomic mass is 14.6. The third-order valence-corrected chi connectivity index (χ3v) is 4.63. The van der Waals surface area contributed by atoms with Crippen molar-refractivity contribution in [2.24, 2.45) is 0 Å². The summed E-state index contributed by atoms with van der Waals surface area (Å²) in [6.45, 7) is 2.14. The molecule has 0 aliphatic carbocycles. The molecular weight excluding hydrogens is 314 g/mol. The second-order valence-electron chi connectivity index (χ2n) is 6.68. The van der Waals surface area contributed by atoms with Crippen molar-refractivity contribution in [2.75, 3.05) is 0 Å². The van der Waals surface area contributed by atoms with Gasteiger partial charge >= 0.3 is 0 Å². The summed E-state index contributed by atoms with van der Waals surface area (Å²) in [4.78, 5) is 4.11. The van der Waals surface area contributed by atoms with E-state index in [0.717, 1.165) is 6.42 Å². The van der Waals surface area contributed by atoms with Crippen molar-refractivity contribution in [3.8, 4) is 22.3 Å². The van der Waals surface area contributed by atoms with Crippen LogP contribution in [0.25, 0.3) is 22.3 Å². The lowest BCUT2D eigenvalue weighted by Gasteiger charge is -2.08. The van der Waals surface area contributed by atoms with Crippen LogP contribution < -0.4 is 0 Å². The van der Waals surface area contributed by atoms with Gasteiger partial charge in [0.25, 0.3) is 0 Å². The second-order valence-corrected chi connectivity index (χ2v) is 6.68. The summed E-state index contributed by atoms with van der Waals surface area (Å²) in [7, 11) is 0. The number of hydrogen-bond acceptors (Lipinski definition) is 1. The molecule has 1 heteroatoms. The molecule has 0 unspecified atom stereocenters. The molecule has 4 aromatic rings. The van der Waals surface area contributed by atoms with Gasteiger partial charge in [-0.25, -0.2) is 0 Å². The molecule has 0 N–H and O–H groups in total. The minimum atomic E-state index is 0.929. The van der Waals surface area contributed by atoms with Crippen molar-refractivity contribution in [3.63, 3.8) is 0 Å². The third-order valence-electron chi connectivity index (χ3n) is 4.63. The number of hydrogen-bond donors (Lipinski definition) is 0. The fourth-order valence-corrected chi connectivity index (χ4v) is 3.33. The molecule has 0 saturated heterocycles. The van der Waals surface area contributed by atoms with Gasteiger partial charge in [0.05, 0.1) is 0 Å². The summed E-state index contributed by atoms with van der Waals surface area (Å²) < 4.78 is 0. The zero-order valence-corrected chi connectivity index (χ0v) is 14.9. The minimum absolute atomic E-state index is 0.929. The van der Waals surface area contributed by atoms with E-state index in [1.165, 1.54) is 38.9 Å². The van der Waals surface area contributed by atoms with Gasteiger partial charge < -0.3 is 0 Å². The van der Waals surface area contributed by atoms with Crippen molar-refractivity contribution >= 4 is 0 Å². The number of aryl methyl sites for hydroxylation is 1. The molecule has 0 radical (unpaired) electrons. The maximum atomic E-state index is 4.11. The molecule has 0 fully saturated rings. The van der Waals surface area contributed by atoms with E-state index < -0.39 is 0 Å². The Hall–Kier alpha value is -3.19. The van der Waals surface area contributed by atoms with Gasteiger partial charge in [-0.15, -0.1) is 0 Å². The SMILES string of the molecule is Cc1cccc(-c2cccc(Cc3cccc(-c4ccncc4)c3)c2)c1. The van der Waals surface area contributed by atoms with Crippen molar-refractivity contribution in [1.82, 2.24) is 4.98 Å². The van der Waals surface area contributed by atoms with Crippen molar-refractivity contribution < 1.29 is 0 Å². The quantitative estimate of drug-likeness (QED) is 0.425. The topological polar surface area (TPSA) is 12.9 Å². The third kappa shape index (κ3) is 3.73. The molecule has 3 aromatic carbocycles. The van der Waals surface area contributed by atoms with Crippen molar-refractivity contribution in [2.45, 2.75) is 13.3 Å². The van der Waals surface area contributed by atoms with Gasteiger partial charge in [-0.3, -0.25) is 4.98 Å². The smallest absolute Gasteiger partial charge is 0.0273 e. The normalized spacial score (nSPS) is 10.7. The molecule has 4 rings (SSSR count). The highest BCUT2D eigenvalue weighted by Gasteiger charge is 2.03. The van der Waals surface area contributed by atoms with Gasteiger partial charge in [0, 0.05) is 12.4 Å². The Bertz CT molecular complexity index is 1020. The largest absolute Gasteiger partial charge is 0.265 e. The van der Waals surface area contributed by atoms with E-state index in [1.807, 2.05) is 12.4 Å². The summed E-state index contributed by atoms with van der Waals surface area (Å²) in [5.41, 5.74) is 8.93. The summed E-state index contributed by atoms with van der Waals surface area (Å²) in [5.74, 6) is 0. The van der Waals surface area contributed by atoms with Crippen LogP contribution in [-0.4, -0.2) is 4.98 Å². The van der Waals surface area contributed by atoms with Crippen LogP contribution in [0.4, 0.5) is 0 Å². The lowest BCUT2D eigenvalue weighted by Crippen LogP contribution is -1.90. The number of aromatic nitrogens is 1. The van der Waals surface area contributed by atoms with E-state index >= 15 is 0 Å². The van der Waals surface area contributed by atoms with Crippen LogP contribution in [0.1, 0.15) is 16.7 Å². The van der Waals surface area contributed by atoms with Crippen molar-refractivity contribution in [1.29, 1.82) is 0 Å². The van der Waals surface area contributed by atoms with Crippen LogP contribution in [0.15, 0.2) is 97.3 Å². The van der Waals surface area contributed by atoms with E-state index in [1.54, 1.807) is 0 Å². The second kappa shape index (κ2) is 7.37. The van der Waals surface area contributed by atoms with Crippen LogP contribution in [0.5, 0.6) is 0 Å². The van der Waals surface area contributed by atoms with Gasteiger partial charge in [0.15, 0.2) is 0 Å². The molecule has 0 spiro atoms. The zero-order chi connectivity index (χ0) is 17.8. The van der Waals surface area contributed by atoms with Gasteiger partial charge in [-0.2, -0.15) is 0 Å². The molecule has 0 amide bonds. The van der Waals surface area contributed by atoms with E-state index in [-0.39, 0.29) is 0 Å². The highest BCUT2D eigenvalue weighted by Crippen LogP contribution is 2.24. The van der Waals surface area contributed by atoms with Gasteiger partial charge in [0.2, 0.25) is 0 Å². The van der Waals surface area contributed by atoms with Gasteiger partial charge in [0.1, 0.15) is 0 Å². The van der Waals surface area contributed by atoms with Gasteiger partial charge in [-0.1, -0.05) is 78.4 Å². The Morgan fingerprint density at radius 2 is 1.12 bits per heavy atom. The molecule has 0 saturated carbocycles. The fraction of sp³-hybridized carbons (Fsp3) is 0.0800. The number of benzene rings is 3. The molecular formula is C25H21N. The van der Waals surface area contributed by atoms with Crippen LogP contribution in [0.2, 0.25) is 0 Å². The first-order chi connectivity index (χ1) is 12.8. The minimum Gasteiger partial charge on any atom is -0.265 e. The molecule has 126 valence electrons. The van der Waals surface area contributed by atoms with Crippen molar-refractivity contribution in [3.05, 3.63) is 114 Å². The van der Waals surface area contributed by atoms with Crippen LogP contribution in [-0.2, 0) is 6.42 Å². The summed E-state index contributed by atoms with van der Waals surface area (Å²) in [6.07, 6.45) is 4.61. The predicted octanol–water partition coefficient (Wildman–Crippen LogP) is 6.31. The van der Waals surface area contributed by atoms with E-state index in [0.29, 0.717) is 0 Å². The summed E-state index contributed by atoms with van der Waals surface area (Å²) in [5, 5.41) is 0. The Kier molecular flexibility index (Phi) is 4.61. The lowest BCUT2D eigenvalue weighted by atomic mass is 9.96. The maximum Gasteiger partial charge on any atom is 0.0273 e. The monoisotopic (exact) mass is 335 g/mol. The predicted molar refractivity (Wildman–Crippen MR) is 109 cm³/mol. The first-order valence-corrected chi connectivity index (χ1v) is 8.93. The molecule has 26 heavy (non-hydrogen) atoms. The van der Waals surface area contributed by atoms with E-state index in [9.17, 15) is 0 Å². The lowest BCUT2D eigenvalue weighted by molar-refractivity contribution is 1.19. The van der Waals surface area contributed by atoms with E-state index in [4.69, 9.17) is 0 Å². The Morgan fingerprint density at radius 3 is 1.73 bits per heavy atom. The molecule has 1 nitrogen and oxygen atoms in total. The van der Waals surface area contributed by atoms with Crippen LogP contribution >= 0.6 is 0 Å². The average molecular weight is 335 g/mol. The first-order valence-electron chi connectivity index (χ1n) is 8.93. The number of nitrogens with zero attached hydrogens (tertiary/aromatic N) is 1. The first kappa shape index (κ1) is 16.3. The molecule has 0 aliphatic heterocycles. The Balaban J connectivity index is 1.61. The average Bonchev–Trinajstić information content (AvgIpc) is 2.69. The molecule has 1 aromatic heterocycles. The molecule has 0 atom stereocenters. The molecule has 0 bridgehead atoms. The summed E-state index contributed by atoms with van der Waals surface area (Å²) >= 11 is 0.